The van der Waals surface area contributed by atoms with Crippen molar-refractivity contribution < 1.29 is 14.1 Å². The molecule has 0 radical (unpaired) electrons. The first kappa shape index (κ1) is 16.3. The van der Waals surface area contributed by atoms with Gasteiger partial charge in [-0.25, -0.2) is 0 Å². The van der Waals surface area contributed by atoms with Gasteiger partial charge < -0.3 is 14.4 Å². The number of benzene rings is 1. The van der Waals surface area contributed by atoms with E-state index in [-0.39, 0.29) is 22.8 Å². The quantitative estimate of drug-likeness (QED) is 0.778. The molecule has 1 saturated heterocycles. The van der Waals surface area contributed by atoms with Crippen LogP contribution in [0, 0.1) is 0 Å². The van der Waals surface area contributed by atoms with Crippen molar-refractivity contribution in [3.8, 4) is 0 Å². The molecule has 2 unspecified atom stereocenters. The Balaban J connectivity index is 1.56. The first-order chi connectivity index (χ1) is 11.1. The summed E-state index contributed by atoms with van der Waals surface area (Å²) in [5, 5.41) is -0.0198. The van der Waals surface area contributed by atoms with Gasteiger partial charge in [0, 0.05) is 45.1 Å². The lowest BCUT2D eigenvalue weighted by Crippen LogP contribution is -2.51. The van der Waals surface area contributed by atoms with E-state index in [1.165, 1.54) is 5.56 Å². The van der Waals surface area contributed by atoms with Gasteiger partial charge in [-0.05, 0) is 23.2 Å². The van der Waals surface area contributed by atoms with Crippen LogP contribution in [0.3, 0.4) is 0 Å². The number of piperazine rings is 1. The van der Waals surface area contributed by atoms with E-state index in [1.54, 1.807) is 16.7 Å². The fraction of sp³-hybridized carbons (Fsp3) is 0.529. The Morgan fingerprint density at radius 2 is 1.83 bits per heavy atom. The van der Waals surface area contributed by atoms with Crippen molar-refractivity contribution in [3.05, 3.63) is 35.4 Å². The smallest absolute Gasteiger partial charge is 0.272 e. The Hall–Kier alpha value is -1.53. The minimum absolute atomic E-state index is 0.0198. The number of hydrogen-bond donors (Lipinski definition) is 0. The molecule has 2 atom stereocenters. The molecule has 0 aromatic heterocycles. The Labute approximate surface area is 139 Å². The molecular weight excluding hydrogens is 312 g/mol. The predicted octanol–water partition coefficient (Wildman–Crippen LogP) is 1.11. The fourth-order valence-electron chi connectivity index (χ4n) is 3.38. The van der Waals surface area contributed by atoms with Crippen molar-refractivity contribution >= 4 is 23.0 Å². The van der Waals surface area contributed by atoms with Gasteiger partial charge in [-0.1, -0.05) is 24.3 Å². The molecule has 1 aliphatic carbocycles. The third kappa shape index (κ3) is 3.53. The van der Waals surface area contributed by atoms with E-state index in [0.29, 0.717) is 26.2 Å². The second kappa shape index (κ2) is 6.93. The van der Waals surface area contributed by atoms with Crippen molar-refractivity contribution in [2.45, 2.75) is 25.0 Å². The molecule has 1 aromatic carbocycles. The summed E-state index contributed by atoms with van der Waals surface area (Å²) in [5.74, 6) is 0.0677. The summed E-state index contributed by atoms with van der Waals surface area (Å²) in [4.78, 5) is 27.2. The molecule has 1 fully saturated rings. The molecule has 1 aliphatic heterocycles. The van der Waals surface area contributed by atoms with E-state index in [0.717, 1.165) is 18.4 Å². The summed E-state index contributed by atoms with van der Waals surface area (Å²) in [6.07, 6.45) is 1.80. The molecule has 0 spiro atoms. The molecule has 2 aliphatic rings. The summed E-state index contributed by atoms with van der Waals surface area (Å²) in [6, 6.07) is 8.08. The first-order valence-electron chi connectivity index (χ1n) is 8.04. The minimum atomic E-state index is -1.18. The summed E-state index contributed by atoms with van der Waals surface area (Å²) in [6.45, 7) is 3.76. The lowest BCUT2D eigenvalue weighted by atomic mass is 10.1. The Kier molecular flexibility index (Phi) is 4.92. The number of fused-ring (bicyclic) bond motifs is 1. The zero-order chi connectivity index (χ0) is 16.4. The highest BCUT2D eigenvalue weighted by molar-refractivity contribution is 7.92. The summed E-state index contributed by atoms with van der Waals surface area (Å²) in [7, 11) is 0. The van der Waals surface area contributed by atoms with E-state index in [9.17, 15) is 14.1 Å². The van der Waals surface area contributed by atoms with Crippen molar-refractivity contribution in [2.75, 3.05) is 31.9 Å². The van der Waals surface area contributed by atoms with Crippen LogP contribution in [-0.4, -0.2) is 58.1 Å². The molecule has 1 heterocycles. The summed E-state index contributed by atoms with van der Waals surface area (Å²) < 4.78 is 12.6. The highest BCUT2D eigenvalue weighted by Crippen LogP contribution is 2.37. The van der Waals surface area contributed by atoms with Gasteiger partial charge in [-0.2, -0.15) is 0 Å². The third-order valence-electron chi connectivity index (χ3n) is 4.74. The van der Waals surface area contributed by atoms with Crippen LogP contribution in [0.25, 0.3) is 0 Å². The molecule has 0 bridgehead atoms. The normalized spacial score (nSPS) is 21.9. The predicted molar refractivity (Wildman–Crippen MR) is 89.3 cm³/mol. The SMILES string of the molecule is CC(=O)N1CCN(C(=O)C[S+]([O-])C2CCc3ccccc32)CC1. The molecule has 3 rings (SSSR count). The topological polar surface area (TPSA) is 63.7 Å². The maximum absolute atomic E-state index is 12.6. The largest absolute Gasteiger partial charge is 0.615 e. The number of amides is 2. The van der Waals surface area contributed by atoms with Crippen molar-refractivity contribution in [2.24, 2.45) is 0 Å². The van der Waals surface area contributed by atoms with Crippen LogP contribution >= 0.6 is 0 Å². The number of carbonyl (C=O) groups is 2. The van der Waals surface area contributed by atoms with E-state index < -0.39 is 11.2 Å². The highest BCUT2D eigenvalue weighted by atomic mass is 32.2. The van der Waals surface area contributed by atoms with Crippen molar-refractivity contribution in [1.29, 1.82) is 0 Å². The number of nitrogens with zero attached hydrogens (tertiary/aromatic N) is 2. The second-order valence-corrected chi connectivity index (χ2v) is 7.76. The number of rotatable bonds is 3. The highest BCUT2D eigenvalue weighted by Gasteiger charge is 2.34. The number of hydrogen-bond acceptors (Lipinski definition) is 3. The van der Waals surface area contributed by atoms with Gasteiger partial charge in [0.05, 0.1) is 0 Å². The van der Waals surface area contributed by atoms with Gasteiger partial charge in [-0.3, -0.25) is 9.59 Å². The average Bonchev–Trinajstić information content (AvgIpc) is 2.99. The Morgan fingerprint density at radius 1 is 1.17 bits per heavy atom. The monoisotopic (exact) mass is 334 g/mol. The number of carbonyl (C=O) groups excluding carboxylic acids is 2. The number of aryl methyl sites for hydroxylation is 1. The zero-order valence-corrected chi connectivity index (χ0v) is 14.2. The van der Waals surface area contributed by atoms with Crippen LogP contribution in [0.4, 0.5) is 0 Å². The standard InChI is InChI=1S/C17H22N2O3S/c1-13(20)18-8-10-19(11-9-18)17(21)12-23(22)16-7-6-14-4-2-3-5-15(14)16/h2-5,16H,6-12H2,1H3. The van der Waals surface area contributed by atoms with Gasteiger partial charge in [0.25, 0.3) is 5.91 Å². The van der Waals surface area contributed by atoms with Gasteiger partial charge in [0.1, 0.15) is 5.25 Å². The van der Waals surface area contributed by atoms with Crippen LogP contribution in [-0.2, 0) is 27.2 Å². The van der Waals surface area contributed by atoms with Gasteiger partial charge >= 0.3 is 0 Å². The van der Waals surface area contributed by atoms with Crippen LogP contribution in [0.5, 0.6) is 0 Å². The lowest BCUT2D eigenvalue weighted by Gasteiger charge is -2.34. The van der Waals surface area contributed by atoms with Gasteiger partial charge in [0.15, 0.2) is 5.75 Å². The molecule has 0 N–H and O–H groups in total. The van der Waals surface area contributed by atoms with E-state index in [1.807, 2.05) is 18.2 Å². The molecule has 23 heavy (non-hydrogen) atoms. The van der Waals surface area contributed by atoms with Crippen molar-refractivity contribution in [1.82, 2.24) is 9.80 Å². The molecule has 2 amide bonds. The van der Waals surface area contributed by atoms with Crippen LogP contribution in [0.2, 0.25) is 0 Å². The van der Waals surface area contributed by atoms with Crippen molar-refractivity contribution in [3.63, 3.8) is 0 Å². The van der Waals surface area contributed by atoms with E-state index >= 15 is 0 Å². The van der Waals surface area contributed by atoms with Crippen LogP contribution < -0.4 is 0 Å². The first-order valence-corrected chi connectivity index (χ1v) is 9.42. The molecule has 0 saturated carbocycles. The summed E-state index contributed by atoms with van der Waals surface area (Å²) >= 11 is -1.18. The maximum atomic E-state index is 12.6. The van der Waals surface area contributed by atoms with Crippen LogP contribution in [0.1, 0.15) is 29.7 Å². The Morgan fingerprint density at radius 3 is 2.52 bits per heavy atom. The van der Waals surface area contributed by atoms with Crippen LogP contribution in [0.15, 0.2) is 24.3 Å². The average molecular weight is 334 g/mol. The lowest BCUT2D eigenvalue weighted by molar-refractivity contribution is -0.136. The Bertz CT molecular complexity index is 599. The second-order valence-electron chi connectivity index (χ2n) is 6.14. The molecule has 5 nitrogen and oxygen atoms in total. The molecular formula is C17H22N2O3S. The molecule has 6 heteroatoms. The molecule has 124 valence electrons. The maximum Gasteiger partial charge on any atom is 0.272 e. The zero-order valence-electron chi connectivity index (χ0n) is 13.4. The van der Waals surface area contributed by atoms with E-state index in [2.05, 4.69) is 6.07 Å². The summed E-state index contributed by atoms with van der Waals surface area (Å²) in [5.41, 5.74) is 2.40. The third-order valence-corrected chi connectivity index (χ3v) is 6.39. The fourth-order valence-corrected chi connectivity index (χ4v) is 4.90. The molecule has 1 aromatic rings. The van der Waals surface area contributed by atoms with Gasteiger partial charge in [-0.15, -0.1) is 0 Å². The van der Waals surface area contributed by atoms with E-state index in [4.69, 9.17) is 0 Å². The minimum Gasteiger partial charge on any atom is -0.615 e. The van der Waals surface area contributed by atoms with Gasteiger partial charge in [0.2, 0.25) is 5.91 Å².